The van der Waals surface area contributed by atoms with Gasteiger partial charge < -0.3 is 9.47 Å². The molecule has 44 heavy (non-hydrogen) atoms. The summed E-state index contributed by atoms with van der Waals surface area (Å²) >= 11 is 5.53. The van der Waals surface area contributed by atoms with Gasteiger partial charge in [-0.2, -0.15) is 0 Å². The lowest BCUT2D eigenvalue weighted by molar-refractivity contribution is -0.120. The highest BCUT2D eigenvalue weighted by molar-refractivity contribution is 7.89. The Morgan fingerprint density at radius 2 is 1.80 bits per heavy atom. The first-order valence-corrected chi connectivity index (χ1v) is 17.1. The van der Waals surface area contributed by atoms with Gasteiger partial charge in [0.1, 0.15) is 5.82 Å². The highest BCUT2D eigenvalue weighted by Gasteiger charge is 2.46. The highest BCUT2D eigenvalue weighted by Crippen LogP contribution is 2.49. The van der Waals surface area contributed by atoms with E-state index < -0.39 is 10.0 Å². The molecule has 1 saturated carbocycles. The normalized spacial score (nSPS) is 18.1. The van der Waals surface area contributed by atoms with E-state index in [2.05, 4.69) is 61.3 Å². The summed E-state index contributed by atoms with van der Waals surface area (Å²) in [5.41, 5.74) is 5.30. The van der Waals surface area contributed by atoms with Crippen molar-refractivity contribution in [3.63, 3.8) is 0 Å². The molecule has 6 rings (SSSR count). The van der Waals surface area contributed by atoms with Crippen LogP contribution in [0.3, 0.4) is 0 Å². The smallest absolute Gasteiger partial charge is 0.238 e. The Labute approximate surface area is 267 Å². The van der Waals surface area contributed by atoms with Crippen LogP contribution >= 0.6 is 11.6 Å². The Morgan fingerprint density at radius 3 is 2.41 bits per heavy atom. The first-order valence-electron chi connectivity index (χ1n) is 15.2. The zero-order valence-corrected chi connectivity index (χ0v) is 27.8. The van der Waals surface area contributed by atoms with Crippen molar-refractivity contribution in [3.8, 4) is 0 Å². The lowest BCUT2D eigenvalue weighted by Crippen LogP contribution is -2.33. The predicted molar refractivity (Wildman–Crippen MR) is 178 cm³/mol. The fraction of sp³-hybridized carbons (Fsp3) is 0.371. The standard InChI is InChI=1S/C27H31N3O.C6H6ClNO2S.C2H6/c1-27(2)13-7-10-20-16-21(11-12-24(20)27)30(18-25-28-14-15-29(25)3)26(31)23-17-22(23)19-8-5-4-6-9-19;7-5-2-1-3-6(4-5)11(8,9)10;1-2/h4-6,8-9,11-12,14-16,22-23H,7,10,13,17-18H2,1-3H3;1-4H,(H2,8,9,10);1-2H3. The van der Waals surface area contributed by atoms with Crippen LogP contribution < -0.4 is 10.0 Å². The first kappa shape index (κ1) is 33.4. The number of anilines is 1. The molecule has 1 amide bonds. The molecule has 1 heterocycles. The predicted octanol–water partition coefficient (Wildman–Crippen LogP) is 7.38. The number of halogens is 1. The summed E-state index contributed by atoms with van der Waals surface area (Å²) in [6.45, 7) is 9.16. The third-order valence-corrected chi connectivity index (χ3v) is 9.47. The van der Waals surface area contributed by atoms with Crippen LogP contribution in [0.2, 0.25) is 5.02 Å². The van der Waals surface area contributed by atoms with Gasteiger partial charge in [0.25, 0.3) is 0 Å². The molecule has 2 atom stereocenters. The van der Waals surface area contributed by atoms with Crippen molar-refractivity contribution in [1.29, 1.82) is 0 Å². The number of hydrogen-bond donors (Lipinski definition) is 1. The molecular weight excluding hydrogens is 592 g/mol. The maximum absolute atomic E-state index is 13.7. The van der Waals surface area contributed by atoms with Crippen LogP contribution in [0.1, 0.15) is 75.4 Å². The third-order valence-electron chi connectivity index (χ3n) is 8.32. The number of hydrogen-bond acceptors (Lipinski definition) is 4. The quantitative estimate of drug-likeness (QED) is 0.239. The molecule has 4 aromatic rings. The molecule has 1 aromatic heterocycles. The molecule has 0 spiro atoms. The van der Waals surface area contributed by atoms with E-state index >= 15 is 0 Å². The molecule has 1 fully saturated rings. The second-order valence-corrected chi connectivity index (χ2v) is 13.8. The summed E-state index contributed by atoms with van der Waals surface area (Å²) < 4.78 is 23.4. The van der Waals surface area contributed by atoms with Gasteiger partial charge in [-0.25, -0.2) is 18.5 Å². The number of fused-ring (bicyclic) bond motifs is 1. The lowest BCUT2D eigenvalue weighted by Gasteiger charge is -2.34. The zero-order valence-electron chi connectivity index (χ0n) is 26.2. The second-order valence-electron chi connectivity index (χ2n) is 11.8. The molecular formula is C35H43ClN4O3S. The first-order chi connectivity index (χ1) is 20.9. The van der Waals surface area contributed by atoms with E-state index in [1.54, 1.807) is 12.3 Å². The van der Waals surface area contributed by atoms with Crippen molar-refractivity contribution in [2.45, 2.75) is 76.2 Å². The van der Waals surface area contributed by atoms with E-state index in [0.29, 0.717) is 17.5 Å². The number of carbonyl (C=O) groups is 1. The number of carbonyl (C=O) groups excluding carboxylic acids is 1. The number of amides is 1. The number of imidazole rings is 1. The second kappa shape index (κ2) is 14.1. The Balaban J connectivity index is 0.000000287. The van der Waals surface area contributed by atoms with Gasteiger partial charge in [-0.3, -0.25) is 4.79 Å². The van der Waals surface area contributed by atoms with Crippen LogP contribution in [0.4, 0.5) is 5.69 Å². The van der Waals surface area contributed by atoms with Crippen LogP contribution in [-0.2, 0) is 40.2 Å². The fourth-order valence-corrected chi connectivity index (χ4v) is 6.65. The van der Waals surface area contributed by atoms with Crippen molar-refractivity contribution in [3.05, 3.63) is 113 Å². The third kappa shape index (κ3) is 7.97. The summed E-state index contributed by atoms with van der Waals surface area (Å²) in [6, 6.07) is 22.9. The topological polar surface area (TPSA) is 98.3 Å². The van der Waals surface area contributed by atoms with Gasteiger partial charge in [-0.1, -0.05) is 81.8 Å². The van der Waals surface area contributed by atoms with Crippen LogP contribution in [-0.4, -0.2) is 23.9 Å². The van der Waals surface area contributed by atoms with Gasteiger partial charge in [0.2, 0.25) is 15.9 Å². The van der Waals surface area contributed by atoms with Crippen LogP contribution in [0.25, 0.3) is 0 Å². The maximum Gasteiger partial charge on any atom is 0.238 e. The van der Waals surface area contributed by atoms with Gasteiger partial charge in [-0.15, -0.1) is 0 Å². The molecule has 9 heteroatoms. The number of nitrogens with zero attached hydrogens (tertiary/aromatic N) is 3. The van der Waals surface area contributed by atoms with Crippen molar-refractivity contribution >= 4 is 33.2 Å². The highest BCUT2D eigenvalue weighted by atomic mass is 35.5. The van der Waals surface area contributed by atoms with E-state index in [9.17, 15) is 13.2 Å². The number of sulfonamides is 1. The van der Waals surface area contributed by atoms with Crippen LogP contribution in [0.5, 0.6) is 0 Å². The van der Waals surface area contributed by atoms with E-state index in [1.807, 2.05) is 42.6 Å². The molecule has 2 unspecified atom stereocenters. The largest absolute Gasteiger partial charge is 0.337 e. The fourth-order valence-electron chi connectivity index (χ4n) is 5.84. The van der Waals surface area contributed by atoms with E-state index in [-0.39, 0.29) is 22.1 Å². The van der Waals surface area contributed by atoms with Crippen molar-refractivity contribution in [1.82, 2.24) is 9.55 Å². The van der Waals surface area contributed by atoms with E-state index in [1.165, 1.54) is 47.7 Å². The number of aromatic nitrogens is 2. The SMILES string of the molecule is CC.Cn1ccnc1CN(C(=O)C1CC1c1ccccc1)c1ccc2c(c1)CCCC2(C)C.NS(=O)(=O)c1cccc(Cl)c1. The summed E-state index contributed by atoms with van der Waals surface area (Å²) in [5.74, 6) is 1.50. The van der Waals surface area contributed by atoms with Gasteiger partial charge in [0.15, 0.2) is 0 Å². The molecule has 0 saturated heterocycles. The molecule has 2 N–H and O–H groups in total. The molecule has 0 radical (unpaired) electrons. The Morgan fingerprint density at radius 1 is 1.07 bits per heavy atom. The monoisotopic (exact) mass is 634 g/mol. The lowest BCUT2D eigenvalue weighted by atomic mass is 9.73. The molecule has 7 nitrogen and oxygen atoms in total. The maximum atomic E-state index is 13.7. The molecule has 2 aliphatic rings. The van der Waals surface area contributed by atoms with Crippen molar-refractivity contribution < 1.29 is 13.2 Å². The number of aryl methyl sites for hydroxylation is 2. The summed E-state index contributed by atoms with van der Waals surface area (Å²) in [7, 11) is -1.62. The molecule has 0 aliphatic heterocycles. The number of primary sulfonamides is 1. The molecule has 0 bridgehead atoms. The van der Waals surface area contributed by atoms with Crippen molar-refractivity contribution in [2.24, 2.45) is 18.1 Å². The van der Waals surface area contributed by atoms with E-state index in [4.69, 9.17) is 16.7 Å². The van der Waals surface area contributed by atoms with Crippen molar-refractivity contribution in [2.75, 3.05) is 4.90 Å². The summed E-state index contributed by atoms with van der Waals surface area (Å²) in [5, 5.41) is 5.20. The zero-order chi connectivity index (χ0) is 32.1. The average molecular weight is 635 g/mol. The Hall–Kier alpha value is -3.46. The minimum absolute atomic E-state index is 0.0324. The molecule has 2 aliphatic carbocycles. The number of rotatable bonds is 6. The van der Waals surface area contributed by atoms with Gasteiger partial charge >= 0.3 is 0 Å². The van der Waals surface area contributed by atoms with Gasteiger partial charge in [0.05, 0.1) is 11.4 Å². The minimum atomic E-state index is -3.61. The van der Waals surface area contributed by atoms with Gasteiger partial charge in [0, 0.05) is 36.1 Å². The Bertz CT molecular complexity index is 1690. The van der Waals surface area contributed by atoms with E-state index in [0.717, 1.165) is 24.4 Å². The molecule has 234 valence electrons. The summed E-state index contributed by atoms with van der Waals surface area (Å²) in [6.07, 6.45) is 8.19. The number of benzene rings is 3. The van der Waals surface area contributed by atoms with Crippen LogP contribution in [0.15, 0.2) is 90.1 Å². The number of nitrogens with two attached hydrogens (primary N) is 1. The minimum Gasteiger partial charge on any atom is -0.337 e. The average Bonchev–Trinajstić information content (AvgIpc) is 3.71. The van der Waals surface area contributed by atoms with Gasteiger partial charge in [-0.05, 0) is 84.0 Å². The summed E-state index contributed by atoms with van der Waals surface area (Å²) in [4.78, 5) is 20.2. The Kier molecular flexibility index (Phi) is 10.7. The molecule has 3 aromatic carbocycles. The van der Waals surface area contributed by atoms with Crippen LogP contribution in [0, 0.1) is 5.92 Å².